The normalized spacial score (nSPS) is 18.3. The fourth-order valence-corrected chi connectivity index (χ4v) is 3.53. The van der Waals surface area contributed by atoms with E-state index in [0.29, 0.717) is 6.04 Å². The molecule has 1 N–H and O–H groups in total. The Bertz CT molecular complexity index is 453. The fraction of sp³-hybridized carbons (Fsp3) is 0.647. The predicted molar refractivity (Wildman–Crippen MR) is 95.1 cm³/mol. The molecule has 0 radical (unpaired) electrons. The van der Waals surface area contributed by atoms with E-state index in [-0.39, 0.29) is 0 Å². The van der Waals surface area contributed by atoms with Gasteiger partial charge in [0.25, 0.3) is 0 Å². The quantitative estimate of drug-likeness (QED) is 0.873. The Morgan fingerprint density at radius 3 is 2.57 bits per heavy atom. The molecule has 0 amide bonds. The standard InChI is InChI=1S/C17H28BrN3/c1-13(19-2)16-6-5-15(18)11-17(16)21-9-7-14(8-10-21)12-20(3)4/h5-6,11,13-14,19H,7-10,12H2,1-4H3. The van der Waals surface area contributed by atoms with Crippen molar-refractivity contribution < 1.29 is 0 Å². The van der Waals surface area contributed by atoms with Crippen LogP contribution in [-0.2, 0) is 0 Å². The van der Waals surface area contributed by atoms with Crippen LogP contribution in [0.5, 0.6) is 0 Å². The molecule has 1 unspecified atom stereocenters. The van der Waals surface area contributed by atoms with Crippen LogP contribution < -0.4 is 10.2 Å². The SMILES string of the molecule is CNC(C)c1ccc(Br)cc1N1CCC(CN(C)C)CC1. The summed E-state index contributed by atoms with van der Waals surface area (Å²) in [6.07, 6.45) is 2.58. The zero-order valence-electron chi connectivity index (χ0n) is 13.7. The van der Waals surface area contributed by atoms with Crippen LogP contribution >= 0.6 is 15.9 Å². The van der Waals surface area contributed by atoms with Gasteiger partial charge in [0.05, 0.1) is 0 Å². The van der Waals surface area contributed by atoms with Gasteiger partial charge in [-0.25, -0.2) is 0 Å². The van der Waals surface area contributed by atoms with Gasteiger partial charge in [0.1, 0.15) is 0 Å². The maximum atomic E-state index is 3.62. The van der Waals surface area contributed by atoms with E-state index >= 15 is 0 Å². The van der Waals surface area contributed by atoms with E-state index in [1.807, 2.05) is 7.05 Å². The van der Waals surface area contributed by atoms with Gasteiger partial charge in [-0.3, -0.25) is 0 Å². The first kappa shape index (κ1) is 16.8. The molecule has 4 heteroatoms. The van der Waals surface area contributed by atoms with Crippen LogP contribution in [-0.4, -0.2) is 45.7 Å². The summed E-state index contributed by atoms with van der Waals surface area (Å²) in [4.78, 5) is 4.87. The van der Waals surface area contributed by atoms with Gasteiger partial charge in [-0.15, -0.1) is 0 Å². The number of rotatable bonds is 5. The Hall–Kier alpha value is -0.580. The predicted octanol–water partition coefficient (Wildman–Crippen LogP) is 3.51. The number of hydrogen-bond donors (Lipinski definition) is 1. The summed E-state index contributed by atoms with van der Waals surface area (Å²) >= 11 is 3.62. The summed E-state index contributed by atoms with van der Waals surface area (Å²) in [6, 6.07) is 7.04. The van der Waals surface area contributed by atoms with Crippen molar-refractivity contribution in [1.29, 1.82) is 0 Å². The highest BCUT2D eigenvalue weighted by Gasteiger charge is 2.22. The van der Waals surface area contributed by atoms with Gasteiger partial charge >= 0.3 is 0 Å². The molecule has 1 heterocycles. The number of nitrogens with one attached hydrogen (secondary N) is 1. The number of halogens is 1. The van der Waals surface area contributed by atoms with Crippen LogP contribution in [0.25, 0.3) is 0 Å². The topological polar surface area (TPSA) is 18.5 Å². The van der Waals surface area contributed by atoms with Gasteiger partial charge in [-0.05, 0) is 64.5 Å². The first-order valence-corrected chi connectivity index (χ1v) is 8.67. The van der Waals surface area contributed by atoms with Crippen LogP contribution in [0.2, 0.25) is 0 Å². The highest BCUT2D eigenvalue weighted by Crippen LogP contribution is 2.32. The Morgan fingerprint density at radius 2 is 2.00 bits per heavy atom. The summed E-state index contributed by atoms with van der Waals surface area (Å²) in [7, 11) is 6.38. The second-order valence-electron chi connectivity index (χ2n) is 6.41. The van der Waals surface area contributed by atoms with Gasteiger partial charge in [-0.2, -0.15) is 0 Å². The Kier molecular flexibility index (Phi) is 6.08. The second-order valence-corrected chi connectivity index (χ2v) is 7.32. The zero-order valence-corrected chi connectivity index (χ0v) is 15.3. The fourth-order valence-electron chi connectivity index (χ4n) is 3.19. The van der Waals surface area contributed by atoms with Gasteiger partial charge in [0, 0.05) is 35.8 Å². The third kappa shape index (κ3) is 4.44. The molecule has 118 valence electrons. The van der Waals surface area contributed by atoms with E-state index in [4.69, 9.17) is 0 Å². The molecule has 1 atom stereocenters. The summed E-state index contributed by atoms with van der Waals surface area (Å²) in [5.74, 6) is 0.841. The van der Waals surface area contributed by atoms with Crippen molar-refractivity contribution in [3.05, 3.63) is 28.2 Å². The van der Waals surface area contributed by atoms with Gasteiger partial charge in [0.2, 0.25) is 0 Å². The molecule has 3 nitrogen and oxygen atoms in total. The molecule has 1 aliphatic heterocycles. The van der Waals surface area contributed by atoms with E-state index in [0.717, 1.165) is 5.92 Å². The zero-order chi connectivity index (χ0) is 15.4. The molecule has 1 aromatic rings. The lowest BCUT2D eigenvalue weighted by atomic mass is 9.95. The van der Waals surface area contributed by atoms with E-state index in [2.05, 4.69) is 70.3 Å². The smallest absolute Gasteiger partial charge is 0.0425 e. The maximum absolute atomic E-state index is 3.62. The molecule has 1 aromatic carbocycles. The number of anilines is 1. The minimum atomic E-state index is 0.382. The lowest BCUT2D eigenvalue weighted by Crippen LogP contribution is -2.37. The molecule has 0 bridgehead atoms. The van der Waals surface area contributed by atoms with Gasteiger partial charge in [0.15, 0.2) is 0 Å². The summed E-state index contributed by atoms with van der Waals surface area (Å²) in [6.45, 7) is 5.77. The van der Waals surface area contributed by atoms with Gasteiger partial charge in [-0.1, -0.05) is 22.0 Å². The maximum Gasteiger partial charge on any atom is 0.0425 e. The molecule has 2 rings (SSSR count). The monoisotopic (exact) mass is 353 g/mol. The molecule has 21 heavy (non-hydrogen) atoms. The first-order chi connectivity index (χ1) is 10.0. The van der Waals surface area contributed by atoms with Crippen LogP contribution in [0, 0.1) is 5.92 Å². The van der Waals surface area contributed by atoms with Crippen molar-refractivity contribution in [2.45, 2.75) is 25.8 Å². The molecule has 0 aliphatic carbocycles. The van der Waals surface area contributed by atoms with Crippen molar-refractivity contribution in [2.24, 2.45) is 5.92 Å². The van der Waals surface area contributed by atoms with Crippen molar-refractivity contribution in [2.75, 3.05) is 45.7 Å². The van der Waals surface area contributed by atoms with Crippen molar-refractivity contribution in [3.63, 3.8) is 0 Å². The lowest BCUT2D eigenvalue weighted by Gasteiger charge is -2.36. The number of hydrogen-bond acceptors (Lipinski definition) is 3. The van der Waals surface area contributed by atoms with Crippen LogP contribution in [0.1, 0.15) is 31.4 Å². The molecule has 1 saturated heterocycles. The average molecular weight is 354 g/mol. The summed E-state index contributed by atoms with van der Waals surface area (Å²) in [5, 5.41) is 3.37. The Labute approximate surface area is 137 Å². The first-order valence-electron chi connectivity index (χ1n) is 7.87. The number of nitrogens with zero attached hydrogens (tertiary/aromatic N) is 2. The van der Waals surface area contributed by atoms with E-state index < -0.39 is 0 Å². The lowest BCUT2D eigenvalue weighted by molar-refractivity contribution is 0.285. The molecule has 0 aromatic heterocycles. The summed E-state index contributed by atoms with van der Waals surface area (Å²) < 4.78 is 1.17. The van der Waals surface area contributed by atoms with E-state index in [1.54, 1.807) is 0 Å². The molecule has 0 saturated carbocycles. The van der Waals surface area contributed by atoms with Crippen molar-refractivity contribution in [3.8, 4) is 0 Å². The van der Waals surface area contributed by atoms with Crippen LogP contribution in [0.4, 0.5) is 5.69 Å². The molecular formula is C17H28BrN3. The van der Waals surface area contributed by atoms with Crippen molar-refractivity contribution in [1.82, 2.24) is 10.2 Å². The van der Waals surface area contributed by atoms with E-state index in [9.17, 15) is 0 Å². The third-order valence-corrected chi connectivity index (χ3v) is 4.96. The summed E-state index contributed by atoms with van der Waals surface area (Å²) in [5.41, 5.74) is 2.78. The third-order valence-electron chi connectivity index (χ3n) is 4.47. The second kappa shape index (κ2) is 7.61. The highest BCUT2D eigenvalue weighted by molar-refractivity contribution is 9.10. The number of piperidine rings is 1. The van der Waals surface area contributed by atoms with Crippen molar-refractivity contribution >= 4 is 21.6 Å². The largest absolute Gasteiger partial charge is 0.371 e. The highest BCUT2D eigenvalue weighted by atomic mass is 79.9. The van der Waals surface area contributed by atoms with Crippen LogP contribution in [0.3, 0.4) is 0 Å². The van der Waals surface area contributed by atoms with Crippen LogP contribution in [0.15, 0.2) is 22.7 Å². The minimum Gasteiger partial charge on any atom is -0.371 e. The molecular weight excluding hydrogens is 326 g/mol. The molecule has 0 spiro atoms. The molecule has 1 fully saturated rings. The Balaban J connectivity index is 2.10. The molecule has 1 aliphatic rings. The minimum absolute atomic E-state index is 0.382. The van der Waals surface area contributed by atoms with Gasteiger partial charge < -0.3 is 15.1 Å². The Morgan fingerprint density at radius 1 is 1.33 bits per heavy atom. The number of benzene rings is 1. The average Bonchev–Trinajstić information content (AvgIpc) is 2.46. The van der Waals surface area contributed by atoms with E-state index in [1.165, 1.54) is 48.2 Å².